The van der Waals surface area contributed by atoms with Gasteiger partial charge in [0.25, 0.3) is 0 Å². The molecule has 9 nitrogen and oxygen atoms in total. The molecule has 3 aromatic rings. The lowest BCUT2D eigenvalue weighted by Crippen LogP contribution is -2.47. The number of fused-ring (bicyclic) bond motifs is 1. The third-order valence-corrected chi connectivity index (χ3v) is 6.72. The number of rotatable bonds is 8. The molecular formula is C28H34N6O3. The minimum atomic E-state index is -0.247. The van der Waals surface area contributed by atoms with Gasteiger partial charge in [0.15, 0.2) is 0 Å². The van der Waals surface area contributed by atoms with Gasteiger partial charge < -0.3 is 24.6 Å². The van der Waals surface area contributed by atoms with Gasteiger partial charge in [-0.05, 0) is 48.3 Å². The number of amides is 3. The molecule has 1 fully saturated rings. The van der Waals surface area contributed by atoms with E-state index in [4.69, 9.17) is 0 Å². The number of anilines is 1. The second kappa shape index (κ2) is 11.8. The van der Waals surface area contributed by atoms with Crippen LogP contribution in [0.5, 0.6) is 0 Å². The van der Waals surface area contributed by atoms with Crippen LogP contribution < -0.4 is 5.32 Å². The highest BCUT2D eigenvalue weighted by Crippen LogP contribution is 2.19. The van der Waals surface area contributed by atoms with E-state index in [9.17, 15) is 14.4 Å². The fourth-order valence-corrected chi connectivity index (χ4v) is 4.33. The molecule has 37 heavy (non-hydrogen) atoms. The van der Waals surface area contributed by atoms with Crippen molar-refractivity contribution in [3.8, 4) is 0 Å². The van der Waals surface area contributed by atoms with Gasteiger partial charge in [0.05, 0.1) is 6.54 Å². The first-order valence-electron chi connectivity index (χ1n) is 12.5. The molecule has 2 aromatic heterocycles. The Bertz CT molecular complexity index is 1290. The third kappa shape index (κ3) is 6.83. The molecule has 1 aliphatic heterocycles. The van der Waals surface area contributed by atoms with E-state index in [0.29, 0.717) is 25.5 Å². The van der Waals surface area contributed by atoms with Crippen molar-refractivity contribution in [1.82, 2.24) is 24.3 Å². The molecule has 1 aromatic carbocycles. The van der Waals surface area contributed by atoms with Gasteiger partial charge in [-0.2, -0.15) is 0 Å². The summed E-state index contributed by atoms with van der Waals surface area (Å²) in [5, 5.41) is 3.88. The van der Waals surface area contributed by atoms with E-state index in [1.54, 1.807) is 36.4 Å². The van der Waals surface area contributed by atoms with Crippen LogP contribution in [0.3, 0.4) is 0 Å². The number of benzene rings is 1. The molecule has 194 valence electrons. The lowest BCUT2D eigenvalue weighted by atomic mass is 10.2. The summed E-state index contributed by atoms with van der Waals surface area (Å²) in [4.78, 5) is 47.1. The molecule has 0 spiro atoms. The van der Waals surface area contributed by atoms with Crippen molar-refractivity contribution in [3.63, 3.8) is 0 Å². The van der Waals surface area contributed by atoms with Crippen LogP contribution in [0.15, 0.2) is 54.7 Å². The predicted octanol–water partition coefficient (Wildman–Crippen LogP) is 2.74. The van der Waals surface area contributed by atoms with E-state index in [1.807, 2.05) is 31.1 Å². The summed E-state index contributed by atoms with van der Waals surface area (Å²) in [5.74, 6) is 0.0520. The van der Waals surface area contributed by atoms with E-state index in [1.165, 1.54) is 6.08 Å². The van der Waals surface area contributed by atoms with Crippen LogP contribution in [0.1, 0.15) is 24.1 Å². The Morgan fingerprint density at radius 3 is 2.49 bits per heavy atom. The molecule has 0 atom stereocenters. The topological polar surface area (TPSA) is 90.8 Å². The monoisotopic (exact) mass is 502 g/mol. The number of aryl methyl sites for hydroxylation is 1. The molecule has 0 unspecified atom stereocenters. The summed E-state index contributed by atoms with van der Waals surface area (Å²) in [6.07, 6.45) is 5.12. The van der Waals surface area contributed by atoms with Crippen molar-refractivity contribution >= 4 is 40.5 Å². The predicted molar refractivity (Wildman–Crippen MR) is 145 cm³/mol. The summed E-state index contributed by atoms with van der Waals surface area (Å²) in [6.45, 7) is 3.61. The number of carbonyl (C=O) groups is 3. The second-order valence-electron chi connectivity index (χ2n) is 9.49. The second-order valence-corrected chi connectivity index (χ2v) is 9.49. The highest BCUT2D eigenvalue weighted by Gasteiger charge is 2.19. The quantitative estimate of drug-likeness (QED) is 0.479. The highest BCUT2D eigenvalue weighted by molar-refractivity contribution is 5.93. The number of piperazine rings is 1. The molecular weight excluding hydrogens is 468 g/mol. The Balaban J connectivity index is 1.24. The lowest BCUT2D eigenvalue weighted by molar-refractivity contribution is -0.134. The van der Waals surface area contributed by atoms with Gasteiger partial charge in [-0.15, -0.1) is 0 Å². The van der Waals surface area contributed by atoms with Crippen LogP contribution >= 0.6 is 0 Å². The standard InChI is InChI=1S/C28H34N6O3/c1-31-14-16-34(17-15-31)28(37)13-11-26(35)30-25-10-8-21(19-29-25)9-12-27(36)32(2)20-23-18-22-6-4-5-7-24(22)33(23)3/h4-10,12,18-19H,11,13-17,20H2,1-3H3,(H,29,30,35). The summed E-state index contributed by atoms with van der Waals surface area (Å²) < 4.78 is 2.10. The molecule has 1 aliphatic rings. The zero-order valence-electron chi connectivity index (χ0n) is 21.7. The molecule has 1 saturated heterocycles. The third-order valence-electron chi connectivity index (χ3n) is 6.72. The maximum atomic E-state index is 12.6. The van der Waals surface area contributed by atoms with Gasteiger partial charge in [0, 0.05) is 76.6 Å². The number of nitrogens with zero attached hydrogens (tertiary/aromatic N) is 5. The van der Waals surface area contributed by atoms with Crippen LogP contribution in [-0.2, 0) is 28.0 Å². The van der Waals surface area contributed by atoms with Gasteiger partial charge in [0.1, 0.15) is 5.82 Å². The van der Waals surface area contributed by atoms with Crippen LogP contribution in [0, 0.1) is 0 Å². The van der Waals surface area contributed by atoms with Gasteiger partial charge in [0.2, 0.25) is 17.7 Å². The number of pyridine rings is 1. The van der Waals surface area contributed by atoms with E-state index in [2.05, 4.69) is 38.0 Å². The minimum absolute atomic E-state index is 0.00624. The highest BCUT2D eigenvalue weighted by atomic mass is 16.2. The van der Waals surface area contributed by atoms with E-state index in [0.717, 1.165) is 35.2 Å². The fourth-order valence-electron chi connectivity index (χ4n) is 4.33. The average Bonchev–Trinajstić information content (AvgIpc) is 3.22. The number of nitrogens with one attached hydrogen (secondary N) is 1. The summed E-state index contributed by atoms with van der Waals surface area (Å²) in [6, 6.07) is 13.7. The summed E-state index contributed by atoms with van der Waals surface area (Å²) in [7, 11) is 5.81. The van der Waals surface area contributed by atoms with E-state index in [-0.39, 0.29) is 30.6 Å². The molecule has 9 heteroatoms. The summed E-state index contributed by atoms with van der Waals surface area (Å²) >= 11 is 0. The maximum Gasteiger partial charge on any atom is 0.246 e. The van der Waals surface area contributed by atoms with E-state index < -0.39 is 0 Å². The van der Waals surface area contributed by atoms with Crippen LogP contribution in [0.2, 0.25) is 0 Å². The number of likely N-dealkylation sites (N-methyl/N-ethyl adjacent to an activating group) is 2. The fraction of sp³-hybridized carbons (Fsp3) is 0.357. The molecule has 0 radical (unpaired) electrons. The zero-order valence-corrected chi connectivity index (χ0v) is 21.7. The molecule has 3 amide bonds. The average molecular weight is 503 g/mol. The van der Waals surface area contributed by atoms with Crippen molar-refractivity contribution in [2.24, 2.45) is 7.05 Å². The van der Waals surface area contributed by atoms with Gasteiger partial charge >= 0.3 is 0 Å². The normalized spacial score (nSPS) is 14.3. The number of aromatic nitrogens is 2. The van der Waals surface area contributed by atoms with Gasteiger partial charge in [-0.3, -0.25) is 14.4 Å². The first-order chi connectivity index (χ1) is 17.8. The van der Waals surface area contributed by atoms with Gasteiger partial charge in [-0.1, -0.05) is 18.2 Å². The van der Waals surface area contributed by atoms with Crippen molar-refractivity contribution in [1.29, 1.82) is 0 Å². The molecule has 4 rings (SSSR count). The molecule has 0 bridgehead atoms. The Morgan fingerprint density at radius 1 is 1.03 bits per heavy atom. The number of hydrogen-bond donors (Lipinski definition) is 1. The SMILES string of the molecule is CN1CCN(C(=O)CCC(=O)Nc2ccc(C=CC(=O)N(C)Cc3cc4ccccc4n3C)cn2)CC1. The maximum absolute atomic E-state index is 12.6. The Labute approximate surface area is 217 Å². The minimum Gasteiger partial charge on any atom is -0.346 e. The largest absolute Gasteiger partial charge is 0.346 e. The smallest absolute Gasteiger partial charge is 0.246 e. The zero-order chi connectivity index (χ0) is 26.4. The molecule has 3 heterocycles. The first kappa shape index (κ1) is 26.1. The lowest BCUT2D eigenvalue weighted by Gasteiger charge is -2.32. The van der Waals surface area contributed by atoms with Crippen LogP contribution in [0.4, 0.5) is 5.82 Å². The van der Waals surface area contributed by atoms with Crippen LogP contribution in [-0.4, -0.2) is 82.2 Å². The van der Waals surface area contributed by atoms with Gasteiger partial charge in [-0.25, -0.2) is 4.98 Å². The van der Waals surface area contributed by atoms with E-state index >= 15 is 0 Å². The van der Waals surface area contributed by atoms with Crippen molar-refractivity contribution in [3.05, 3.63) is 66.0 Å². The number of hydrogen-bond acceptors (Lipinski definition) is 5. The molecule has 0 aliphatic carbocycles. The number of para-hydroxylation sites is 1. The van der Waals surface area contributed by atoms with Crippen molar-refractivity contribution < 1.29 is 14.4 Å². The Hall–Kier alpha value is -3.98. The van der Waals surface area contributed by atoms with Crippen molar-refractivity contribution in [2.75, 3.05) is 45.6 Å². The Kier molecular flexibility index (Phi) is 8.35. The molecule has 0 saturated carbocycles. The summed E-state index contributed by atoms with van der Waals surface area (Å²) in [5.41, 5.74) is 2.93. The van der Waals surface area contributed by atoms with Crippen LogP contribution in [0.25, 0.3) is 17.0 Å². The first-order valence-corrected chi connectivity index (χ1v) is 12.5. The van der Waals surface area contributed by atoms with Crippen molar-refractivity contribution in [2.45, 2.75) is 19.4 Å². The number of carbonyl (C=O) groups excluding carboxylic acids is 3. The molecule has 1 N–H and O–H groups in total. The Morgan fingerprint density at radius 2 is 1.78 bits per heavy atom.